The summed E-state index contributed by atoms with van der Waals surface area (Å²) in [5, 5.41) is 8.39. The number of thioether (sulfide) groups is 1. The number of rotatable bonds is 6. The number of aromatic nitrogens is 3. The third-order valence-corrected chi connectivity index (χ3v) is 6.30. The van der Waals surface area contributed by atoms with Crippen LogP contribution in [-0.2, 0) is 21.7 Å². The number of hydrogen-bond donors (Lipinski definition) is 0. The van der Waals surface area contributed by atoms with Crippen molar-refractivity contribution < 1.29 is 13.2 Å². The van der Waals surface area contributed by atoms with Gasteiger partial charge >= 0.3 is 0 Å². The van der Waals surface area contributed by atoms with E-state index in [0.29, 0.717) is 24.0 Å². The van der Waals surface area contributed by atoms with Crippen molar-refractivity contribution in [1.29, 1.82) is 0 Å². The molecule has 9 heteroatoms. The first kappa shape index (κ1) is 17.3. The maximum Gasteiger partial charge on any atom is 0.233 e. The number of carbonyl (C=O) groups is 1. The molecule has 1 fully saturated rings. The number of amides is 1. The van der Waals surface area contributed by atoms with Crippen molar-refractivity contribution in [3.8, 4) is 0 Å². The molecule has 1 atom stereocenters. The second-order valence-electron chi connectivity index (χ2n) is 6.01. The molecule has 0 unspecified atom stereocenters. The maximum absolute atomic E-state index is 12.5. The van der Waals surface area contributed by atoms with E-state index in [0.717, 1.165) is 0 Å². The van der Waals surface area contributed by atoms with Gasteiger partial charge in [0.05, 0.1) is 17.3 Å². The number of hydrogen-bond acceptors (Lipinski definition) is 6. The predicted molar refractivity (Wildman–Crippen MR) is 85.3 cm³/mol. The first-order valence-corrected chi connectivity index (χ1v) is 10.1. The Labute approximate surface area is 135 Å². The summed E-state index contributed by atoms with van der Waals surface area (Å²) in [6, 6.07) is -0.194. The molecule has 0 aromatic carbocycles. The molecule has 7 nitrogen and oxygen atoms in total. The summed E-state index contributed by atoms with van der Waals surface area (Å²) < 4.78 is 25.1. The molecule has 1 saturated heterocycles. The van der Waals surface area contributed by atoms with Gasteiger partial charge in [0.15, 0.2) is 15.0 Å². The summed E-state index contributed by atoms with van der Waals surface area (Å²) in [6.45, 7) is 4.64. The first-order valence-electron chi connectivity index (χ1n) is 7.25. The SMILES string of the molecule is CC(C)CN(C(=O)CSc1nncn1C)[C@@H]1CCS(=O)(=O)C1. The summed E-state index contributed by atoms with van der Waals surface area (Å²) >= 11 is 1.32. The molecule has 1 aromatic rings. The van der Waals surface area contributed by atoms with Gasteiger partial charge in [-0.15, -0.1) is 10.2 Å². The molecule has 2 heterocycles. The van der Waals surface area contributed by atoms with Crippen LogP contribution in [-0.4, -0.2) is 63.8 Å². The van der Waals surface area contributed by atoms with Gasteiger partial charge in [0.1, 0.15) is 6.33 Å². The van der Waals surface area contributed by atoms with Crippen LogP contribution in [0.5, 0.6) is 0 Å². The Morgan fingerprint density at radius 3 is 2.77 bits per heavy atom. The Morgan fingerprint density at radius 2 is 2.27 bits per heavy atom. The lowest BCUT2D eigenvalue weighted by Crippen LogP contribution is -2.44. The highest BCUT2D eigenvalue weighted by atomic mass is 32.2. The number of aryl methyl sites for hydroxylation is 1. The van der Waals surface area contributed by atoms with Gasteiger partial charge in [-0.05, 0) is 12.3 Å². The zero-order chi connectivity index (χ0) is 16.3. The molecule has 1 amide bonds. The lowest BCUT2D eigenvalue weighted by atomic mass is 10.1. The molecular weight excluding hydrogens is 324 g/mol. The van der Waals surface area contributed by atoms with Crippen LogP contribution >= 0.6 is 11.8 Å². The fourth-order valence-corrected chi connectivity index (χ4v) is 4.99. The van der Waals surface area contributed by atoms with Crippen LogP contribution in [0, 0.1) is 5.92 Å². The van der Waals surface area contributed by atoms with Gasteiger partial charge in [-0.1, -0.05) is 25.6 Å². The summed E-state index contributed by atoms with van der Waals surface area (Å²) in [5.74, 6) is 0.766. The second kappa shape index (κ2) is 6.99. The number of sulfone groups is 1. The number of nitrogens with zero attached hydrogens (tertiary/aromatic N) is 4. The molecule has 0 saturated carbocycles. The molecule has 1 aromatic heterocycles. The second-order valence-corrected chi connectivity index (χ2v) is 9.18. The molecule has 1 aliphatic rings. The number of carbonyl (C=O) groups excluding carboxylic acids is 1. The monoisotopic (exact) mass is 346 g/mol. The molecule has 0 spiro atoms. The van der Waals surface area contributed by atoms with Crippen molar-refractivity contribution in [2.75, 3.05) is 23.8 Å². The smallest absolute Gasteiger partial charge is 0.233 e. The van der Waals surface area contributed by atoms with E-state index in [4.69, 9.17) is 0 Å². The summed E-state index contributed by atoms with van der Waals surface area (Å²) in [4.78, 5) is 14.3. The lowest BCUT2D eigenvalue weighted by Gasteiger charge is -2.29. The van der Waals surface area contributed by atoms with Crippen molar-refractivity contribution in [3.05, 3.63) is 6.33 Å². The molecular formula is C13H22N4O3S2. The van der Waals surface area contributed by atoms with Crippen molar-refractivity contribution in [3.63, 3.8) is 0 Å². The molecule has 2 rings (SSSR count). The van der Waals surface area contributed by atoms with Crippen molar-refractivity contribution >= 4 is 27.5 Å². The van der Waals surface area contributed by atoms with E-state index >= 15 is 0 Å². The van der Waals surface area contributed by atoms with E-state index in [9.17, 15) is 13.2 Å². The van der Waals surface area contributed by atoms with E-state index in [2.05, 4.69) is 10.2 Å². The molecule has 0 aliphatic carbocycles. The van der Waals surface area contributed by atoms with Crippen LogP contribution in [0.4, 0.5) is 0 Å². The fourth-order valence-electron chi connectivity index (χ4n) is 2.48. The van der Waals surface area contributed by atoms with Crippen LogP contribution in [0.1, 0.15) is 20.3 Å². The fraction of sp³-hybridized carbons (Fsp3) is 0.769. The Kier molecular flexibility index (Phi) is 5.49. The quantitative estimate of drug-likeness (QED) is 0.701. The molecule has 0 radical (unpaired) electrons. The average molecular weight is 346 g/mol. The van der Waals surface area contributed by atoms with Crippen molar-refractivity contribution in [2.24, 2.45) is 13.0 Å². The lowest BCUT2D eigenvalue weighted by molar-refractivity contribution is -0.130. The van der Waals surface area contributed by atoms with Crippen LogP contribution in [0.15, 0.2) is 11.5 Å². The van der Waals surface area contributed by atoms with Crippen molar-refractivity contribution in [2.45, 2.75) is 31.5 Å². The average Bonchev–Trinajstić information content (AvgIpc) is 2.98. The van der Waals surface area contributed by atoms with Crippen LogP contribution < -0.4 is 0 Å². The molecule has 0 N–H and O–H groups in total. The van der Waals surface area contributed by atoms with Gasteiger partial charge < -0.3 is 9.47 Å². The van der Waals surface area contributed by atoms with Gasteiger partial charge in [0.2, 0.25) is 5.91 Å². The summed E-state index contributed by atoms with van der Waals surface area (Å²) in [6.07, 6.45) is 2.12. The molecule has 22 heavy (non-hydrogen) atoms. The molecule has 0 bridgehead atoms. The van der Waals surface area contributed by atoms with Gasteiger partial charge in [0.25, 0.3) is 0 Å². The minimum absolute atomic E-state index is 0.0381. The predicted octanol–water partition coefficient (Wildman–Crippen LogP) is 0.579. The third-order valence-electron chi connectivity index (χ3n) is 3.53. The maximum atomic E-state index is 12.5. The Bertz CT molecular complexity index is 627. The highest BCUT2D eigenvalue weighted by molar-refractivity contribution is 7.99. The molecule has 124 valence electrons. The minimum atomic E-state index is -3.00. The topological polar surface area (TPSA) is 85.2 Å². The minimum Gasteiger partial charge on any atom is -0.338 e. The van der Waals surface area contributed by atoms with E-state index < -0.39 is 9.84 Å². The van der Waals surface area contributed by atoms with Crippen LogP contribution in [0.2, 0.25) is 0 Å². The van der Waals surface area contributed by atoms with E-state index in [1.807, 2.05) is 20.9 Å². The highest BCUT2D eigenvalue weighted by Crippen LogP contribution is 2.21. The Hall–Kier alpha value is -1.09. The van der Waals surface area contributed by atoms with Crippen LogP contribution in [0.25, 0.3) is 0 Å². The normalized spacial score (nSPS) is 20.5. The standard InChI is InChI=1S/C13H22N4O3S2/c1-10(2)6-17(11-4-5-22(19,20)8-11)12(18)7-21-13-15-14-9-16(13)3/h9-11H,4-8H2,1-3H3/t11-/m1/s1. The van der Waals surface area contributed by atoms with Gasteiger partial charge in [-0.25, -0.2) is 8.42 Å². The van der Waals surface area contributed by atoms with E-state index in [-0.39, 0.29) is 29.2 Å². The van der Waals surface area contributed by atoms with Gasteiger partial charge in [-0.3, -0.25) is 4.79 Å². The highest BCUT2D eigenvalue weighted by Gasteiger charge is 2.34. The Morgan fingerprint density at radius 1 is 1.55 bits per heavy atom. The Balaban J connectivity index is 2.02. The van der Waals surface area contributed by atoms with Crippen molar-refractivity contribution in [1.82, 2.24) is 19.7 Å². The zero-order valence-electron chi connectivity index (χ0n) is 13.1. The van der Waals surface area contributed by atoms with Gasteiger partial charge in [0, 0.05) is 19.6 Å². The van der Waals surface area contributed by atoms with E-state index in [1.54, 1.807) is 15.8 Å². The third kappa shape index (κ3) is 4.45. The zero-order valence-corrected chi connectivity index (χ0v) is 14.7. The van der Waals surface area contributed by atoms with Gasteiger partial charge in [-0.2, -0.15) is 0 Å². The summed E-state index contributed by atoms with van der Waals surface area (Å²) in [7, 11) is -1.18. The molecule has 1 aliphatic heterocycles. The van der Waals surface area contributed by atoms with Crippen LogP contribution in [0.3, 0.4) is 0 Å². The van der Waals surface area contributed by atoms with E-state index in [1.165, 1.54) is 11.8 Å². The summed E-state index contributed by atoms with van der Waals surface area (Å²) in [5.41, 5.74) is 0. The largest absolute Gasteiger partial charge is 0.338 e. The first-order chi connectivity index (χ1) is 10.3.